The van der Waals surface area contributed by atoms with Gasteiger partial charge in [-0.25, -0.2) is 0 Å². The standard InChI is InChI=1S/C17H17N3O/c1-12-5-4-10-20(13(12)2)14(3)17(21)19-16-8-6-15(11-18)7-9-16/h4-10,14H,1-3H3/p+1/t14-/m1/s1. The zero-order valence-electron chi connectivity index (χ0n) is 12.4. The van der Waals surface area contributed by atoms with E-state index >= 15 is 0 Å². The van der Waals surface area contributed by atoms with Crippen LogP contribution in [0.4, 0.5) is 5.69 Å². The fraction of sp³-hybridized carbons (Fsp3) is 0.235. The van der Waals surface area contributed by atoms with Crippen molar-refractivity contribution in [3.05, 3.63) is 59.4 Å². The third kappa shape index (κ3) is 3.26. The lowest BCUT2D eigenvalue weighted by Crippen LogP contribution is -2.47. The van der Waals surface area contributed by atoms with Gasteiger partial charge in [-0.15, -0.1) is 0 Å². The summed E-state index contributed by atoms with van der Waals surface area (Å²) in [6, 6.07) is 12.5. The molecule has 4 nitrogen and oxygen atoms in total. The van der Waals surface area contributed by atoms with Gasteiger partial charge in [0.05, 0.1) is 11.6 Å². The van der Waals surface area contributed by atoms with Crippen LogP contribution in [0.1, 0.15) is 29.8 Å². The van der Waals surface area contributed by atoms with Gasteiger partial charge in [0.15, 0.2) is 11.9 Å². The van der Waals surface area contributed by atoms with E-state index in [1.807, 2.05) is 43.7 Å². The van der Waals surface area contributed by atoms with Gasteiger partial charge in [0.25, 0.3) is 5.91 Å². The molecule has 0 radical (unpaired) electrons. The van der Waals surface area contributed by atoms with E-state index in [0.717, 1.165) is 11.3 Å². The predicted octanol–water partition coefficient (Wildman–Crippen LogP) is 2.66. The molecule has 4 heteroatoms. The molecule has 2 aromatic rings. The van der Waals surface area contributed by atoms with Gasteiger partial charge < -0.3 is 5.32 Å². The second-order valence-electron chi connectivity index (χ2n) is 5.04. The Morgan fingerprint density at radius 3 is 2.52 bits per heavy atom. The van der Waals surface area contributed by atoms with E-state index in [0.29, 0.717) is 11.3 Å². The molecule has 0 unspecified atom stereocenters. The van der Waals surface area contributed by atoms with E-state index in [-0.39, 0.29) is 11.9 Å². The first kappa shape index (κ1) is 14.7. The minimum atomic E-state index is -0.305. The summed E-state index contributed by atoms with van der Waals surface area (Å²) in [5.41, 5.74) is 3.48. The number of nitrogens with zero attached hydrogens (tertiary/aromatic N) is 2. The van der Waals surface area contributed by atoms with Crippen LogP contribution in [0.3, 0.4) is 0 Å². The van der Waals surface area contributed by atoms with E-state index in [2.05, 4.69) is 11.4 Å². The maximum absolute atomic E-state index is 12.3. The Hall–Kier alpha value is -2.67. The molecule has 1 heterocycles. The van der Waals surface area contributed by atoms with E-state index in [9.17, 15) is 4.79 Å². The Morgan fingerprint density at radius 1 is 1.24 bits per heavy atom. The Morgan fingerprint density at radius 2 is 1.90 bits per heavy atom. The SMILES string of the molecule is Cc1ccc[n+]([C@H](C)C(=O)Nc2ccc(C#N)cc2)c1C. The summed E-state index contributed by atoms with van der Waals surface area (Å²) in [5, 5.41) is 11.6. The first-order chi connectivity index (χ1) is 10.0. The monoisotopic (exact) mass is 280 g/mol. The van der Waals surface area contributed by atoms with Crippen LogP contribution in [-0.4, -0.2) is 5.91 Å². The number of amides is 1. The summed E-state index contributed by atoms with van der Waals surface area (Å²) >= 11 is 0. The van der Waals surface area contributed by atoms with Gasteiger partial charge in [-0.3, -0.25) is 4.79 Å². The molecule has 0 aliphatic heterocycles. The van der Waals surface area contributed by atoms with E-state index in [1.165, 1.54) is 0 Å². The topological polar surface area (TPSA) is 56.8 Å². The summed E-state index contributed by atoms with van der Waals surface area (Å²) in [6.07, 6.45) is 1.91. The van der Waals surface area contributed by atoms with Crippen LogP contribution in [0, 0.1) is 25.2 Å². The normalized spacial score (nSPS) is 11.5. The number of aryl methyl sites for hydroxylation is 1. The minimum absolute atomic E-state index is 0.0848. The van der Waals surface area contributed by atoms with Gasteiger partial charge in [0.2, 0.25) is 6.04 Å². The highest BCUT2D eigenvalue weighted by atomic mass is 16.2. The molecule has 106 valence electrons. The maximum atomic E-state index is 12.3. The third-order valence-corrected chi connectivity index (χ3v) is 3.63. The summed E-state index contributed by atoms with van der Waals surface area (Å²) in [6.45, 7) is 5.89. The van der Waals surface area contributed by atoms with Gasteiger partial charge in [-0.05, 0) is 37.3 Å². The van der Waals surface area contributed by atoms with E-state index in [4.69, 9.17) is 5.26 Å². The molecule has 0 saturated heterocycles. The van der Waals surface area contributed by atoms with E-state index < -0.39 is 0 Å². The smallest absolute Gasteiger partial charge is 0.293 e. The van der Waals surface area contributed by atoms with Crippen molar-refractivity contribution in [2.75, 3.05) is 5.32 Å². The van der Waals surface area contributed by atoms with Crippen LogP contribution in [0.15, 0.2) is 42.6 Å². The quantitative estimate of drug-likeness (QED) is 0.879. The van der Waals surface area contributed by atoms with Crippen molar-refractivity contribution in [3.8, 4) is 6.07 Å². The van der Waals surface area contributed by atoms with Gasteiger partial charge in [0, 0.05) is 31.2 Å². The Kier molecular flexibility index (Phi) is 4.34. The van der Waals surface area contributed by atoms with Crippen molar-refractivity contribution in [2.45, 2.75) is 26.8 Å². The average molecular weight is 280 g/mol. The molecule has 0 aliphatic carbocycles. The number of hydrogen-bond donors (Lipinski definition) is 1. The number of nitrogens with one attached hydrogen (secondary N) is 1. The van der Waals surface area contributed by atoms with Crippen molar-refractivity contribution >= 4 is 11.6 Å². The highest BCUT2D eigenvalue weighted by molar-refractivity contribution is 5.92. The summed E-state index contributed by atoms with van der Waals surface area (Å²) in [7, 11) is 0. The first-order valence-electron chi connectivity index (χ1n) is 6.81. The second-order valence-corrected chi connectivity index (χ2v) is 5.04. The molecule has 1 aromatic carbocycles. The van der Waals surface area contributed by atoms with Gasteiger partial charge >= 0.3 is 0 Å². The zero-order chi connectivity index (χ0) is 15.4. The summed E-state index contributed by atoms with van der Waals surface area (Å²) in [4.78, 5) is 12.3. The fourth-order valence-electron chi connectivity index (χ4n) is 2.14. The van der Waals surface area contributed by atoms with Crippen molar-refractivity contribution in [1.82, 2.24) is 0 Å². The second kappa shape index (κ2) is 6.19. The van der Waals surface area contributed by atoms with Crippen molar-refractivity contribution < 1.29 is 9.36 Å². The largest absolute Gasteiger partial charge is 0.320 e. The van der Waals surface area contributed by atoms with Crippen LogP contribution >= 0.6 is 0 Å². The van der Waals surface area contributed by atoms with Crippen LogP contribution in [-0.2, 0) is 4.79 Å². The number of carbonyl (C=O) groups is 1. The first-order valence-corrected chi connectivity index (χ1v) is 6.81. The Bertz CT molecular complexity index is 699. The van der Waals surface area contributed by atoms with E-state index in [1.54, 1.807) is 24.3 Å². The fourth-order valence-corrected chi connectivity index (χ4v) is 2.14. The third-order valence-electron chi connectivity index (χ3n) is 3.63. The molecule has 0 aliphatic rings. The molecular weight excluding hydrogens is 262 g/mol. The van der Waals surface area contributed by atoms with Crippen LogP contribution in [0.25, 0.3) is 0 Å². The highest BCUT2D eigenvalue weighted by Crippen LogP contribution is 2.11. The molecule has 0 fully saturated rings. The van der Waals surface area contributed by atoms with Gasteiger partial charge in [-0.2, -0.15) is 9.83 Å². The predicted molar refractivity (Wildman–Crippen MR) is 80.6 cm³/mol. The number of benzene rings is 1. The van der Waals surface area contributed by atoms with Crippen molar-refractivity contribution in [2.24, 2.45) is 0 Å². The molecule has 2 rings (SSSR count). The number of hydrogen-bond acceptors (Lipinski definition) is 2. The zero-order valence-corrected chi connectivity index (χ0v) is 12.4. The van der Waals surface area contributed by atoms with Crippen LogP contribution < -0.4 is 9.88 Å². The number of aromatic nitrogens is 1. The van der Waals surface area contributed by atoms with Crippen molar-refractivity contribution in [1.29, 1.82) is 5.26 Å². The maximum Gasteiger partial charge on any atom is 0.293 e. The molecule has 1 amide bonds. The number of pyridine rings is 1. The molecule has 1 aromatic heterocycles. The Balaban J connectivity index is 2.15. The molecule has 0 bridgehead atoms. The number of nitriles is 1. The number of anilines is 1. The lowest BCUT2D eigenvalue weighted by atomic mass is 10.2. The molecular formula is C17H18N3O+. The van der Waals surface area contributed by atoms with Gasteiger partial charge in [-0.1, -0.05) is 0 Å². The highest BCUT2D eigenvalue weighted by Gasteiger charge is 2.24. The van der Waals surface area contributed by atoms with Crippen LogP contribution in [0.5, 0.6) is 0 Å². The summed E-state index contributed by atoms with van der Waals surface area (Å²) in [5.74, 6) is -0.0848. The minimum Gasteiger partial charge on any atom is -0.320 e. The average Bonchev–Trinajstić information content (AvgIpc) is 2.50. The molecule has 0 saturated carbocycles. The molecule has 0 spiro atoms. The van der Waals surface area contributed by atoms with Gasteiger partial charge in [0.1, 0.15) is 0 Å². The lowest BCUT2D eigenvalue weighted by molar-refractivity contribution is -0.711. The molecule has 1 atom stereocenters. The Labute approximate surface area is 124 Å². The molecule has 21 heavy (non-hydrogen) atoms. The van der Waals surface area contributed by atoms with Crippen LogP contribution in [0.2, 0.25) is 0 Å². The summed E-state index contributed by atoms with van der Waals surface area (Å²) < 4.78 is 1.95. The number of rotatable bonds is 3. The number of carbonyl (C=O) groups excluding carboxylic acids is 1. The van der Waals surface area contributed by atoms with Crippen molar-refractivity contribution in [3.63, 3.8) is 0 Å². The lowest BCUT2D eigenvalue weighted by Gasteiger charge is -2.11. The molecule has 1 N–H and O–H groups in total.